The third kappa shape index (κ3) is 50.0. The van der Waals surface area contributed by atoms with Gasteiger partial charge in [0.05, 0.1) is 0 Å². The second-order valence-electron chi connectivity index (χ2n) is 2.70. The van der Waals surface area contributed by atoms with Gasteiger partial charge in [-0.05, 0) is 0 Å². The van der Waals surface area contributed by atoms with Crippen molar-refractivity contribution in [2.75, 3.05) is 0 Å². The first-order valence-electron chi connectivity index (χ1n) is 4.02. The van der Waals surface area contributed by atoms with E-state index in [4.69, 9.17) is 0 Å². The Bertz CT molecular complexity index is 879. The van der Waals surface area contributed by atoms with Crippen molar-refractivity contribution in [3.63, 3.8) is 0 Å². The summed E-state index contributed by atoms with van der Waals surface area (Å²) in [5.74, 6) is 0. The summed E-state index contributed by atoms with van der Waals surface area (Å²) < 4.78 is 180. The predicted molar refractivity (Wildman–Crippen MR) is 70.2 cm³/mol. The zero-order chi connectivity index (χ0) is 23.1. The second kappa shape index (κ2) is 11.8. The Morgan fingerprint density at radius 1 is 0.321 bits per heavy atom. The van der Waals surface area contributed by atoms with Gasteiger partial charge in [-0.15, -0.1) is 23.3 Å². The first-order valence-corrected chi connectivity index (χ1v) is 12.1. The topological polar surface area (TPSA) is 247 Å². The zero-order valence-electron chi connectivity index (χ0n) is 11.3. The van der Waals surface area contributed by atoms with Gasteiger partial charge in [0.25, 0.3) is 0 Å². The maximum Gasteiger partial charge on any atom is 3.00 e. The van der Waals surface area contributed by atoms with E-state index in [9.17, 15) is 73.8 Å². The maximum atomic E-state index is 11.1. The van der Waals surface area contributed by atoms with E-state index in [2.05, 4.69) is 0 Å². The Morgan fingerprint density at radius 3 is 0.393 bits per heavy atom. The van der Waals surface area contributed by atoms with Gasteiger partial charge < -0.3 is 12.4 Å². The first-order chi connectivity index (χ1) is 11.1. The van der Waals surface area contributed by atoms with E-state index in [1.54, 1.807) is 0 Å². The molecule has 1 radical (unpaired) electrons. The van der Waals surface area contributed by atoms with Crippen LogP contribution in [0.3, 0.4) is 0 Å². The molecule has 0 atom stereocenters. The molecule has 0 unspecified atom stereocenters. The molecule has 0 aromatic carbocycles. The standard InChI is InChI=1S/3F2NO4S2.Fe/c3*1-8(4,5)3-9(2,6)7;/q3*-1;+3. The summed E-state index contributed by atoms with van der Waals surface area (Å²) in [7, 11) is -33.7. The van der Waals surface area contributed by atoms with E-state index in [1.165, 1.54) is 0 Å². The van der Waals surface area contributed by atoms with Gasteiger partial charge in [0.2, 0.25) is 62.5 Å². The van der Waals surface area contributed by atoms with E-state index in [1.807, 2.05) is 0 Å². The van der Waals surface area contributed by atoms with Crippen molar-refractivity contribution in [1.29, 1.82) is 0 Å². The summed E-state index contributed by atoms with van der Waals surface area (Å²) in [6.07, 6.45) is 0. The van der Waals surface area contributed by atoms with E-state index in [0.717, 1.165) is 12.4 Å². The molecule has 0 aliphatic rings. The van der Waals surface area contributed by atoms with Crippen LogP contribution >= 0.6 is 0 Å². The monoisotopic (exact) mass is 596 g/mol. The Morgan fingerprint density at radius 2 is 0.393 bits per heavy atom. The van der Waals surface area contributed by atoms with Crippen molar-refractivity contribution in [3.05, 3.63) is 12.4 Å². The van der Waals surface area contributed by atoms with Crippen molar-refractivity contribution in [1.82, 2.24) is 0 Å². The second-order valence-corrected chi connectivity index (χ2v) is 9.43. The van der Waals surface area contributed by atoms with Crippen LogP contribution in [-0.4, -0.2) is 50.5 Å². The normalized spacial score (nSPS) is 13.1. The van der Waals surface area contributed by atoms with Crippen molar-refractivity contribution in [2.24, 2.45) is 0 Å². The van der Waals surface area contributed by atoms with Gasteiger partial charge >= 0.3 is 17.1 Å². The molecule has 0 aliphatic heterocycles. The Kier molecular flexibility index (Phi) is 14.8. The van der Waals surface area contributed by atoms with Crippen LogP contribution in [0.2, 0.25) is 0 Å². The molecular weight excluding hydrogens is 596 g/mol. The molecule has 28 heavy (non-hydrogen) atoms. The molecule has 0 aromatic rings. The van der Waals surface area contributed by atoms with Crippen molar-refractivity contribution < 1.29 is 90.9 Å². The SMILES string of the molecule is O=S(=O)(F)[N-]S(=O)(=O)F.O=S(=O)(F)[N-]S(=O)(=O)F.O=S(=O)(F)[N-]S(=O)(=O)F.[Fe+3]. The van der Waals surface area contributed by atoms with Crippen LogP contribution in [0, 0.1) is 0 Å². The van der Waals surface area contributed by atoms with Gasteiger partial charge in [0.1, 0.15) is 0 Å². The smallest absolute Gasteiger partial charge is 0.379 e. The van der Waals surface area contributed by atoms with Crippen LogP contribution < -0.4 is 0 Å². The quantitative estimate of drug-likeness (QED) is 0.211. The molecule has 15 nitrogen and oxygen atoms in total. The predicted octanol–water partition coefficient (Wildman–Crippen LogP) is -0.636. The largest absolute Gasteiger partial charge is 3.00 e. The molecule has 0 N–H and O–H groups in total. The molecule has 0 aromatic heterocycles. The van der Waals surface area contributed by atoms with Gasteiger partial charge in [-0.3, -0.25) is 0 Å². The summed E-state index contributed by atoms with van der Waals surface area (Å²) in [5.41, 5.74) is 0. The van der Waals surface area contributed by atoms with E-state index in [-0.39, 0.29) is 17.1 Å². The summed E-state index contributed by atoms with van der Waals surface area (Å²) in [4.78, 5) is 0. The summed E-state index contributed by atoms with van der Waals surface area (Å²) in [6.45, 7) is 0. The van der Waals surface area contributed by atoms with Crippen LogP contribution in [0.15, 0.2) is 0 Å². The molecule has 173 valence electrons. The molecule has 0 aliphatic carbocycles. The summed E-state index contributed by atoms with van der Waals surface area (Å²) >= 11 is 0. The van der Waals surface area contributed by atoms with E-state index in [0.29, 0.717) is 0 Å². The average Bonchev–Trinajstić information content (AvgIpc) is 1.96. The number of halogens is 6. The van der Waals surface area contributed by atoms with Crippen LogP contribution in [0.4, 0.5) is 23.3 Å². The van der Waals surface area contributed by atoms with Gasteiger partial charge in [-0.2, -0.15) is 0 Å². The third-order valence-corrected chi connectivity index (χ3v) is 4.81. The summed E-state index contributed by atoms with van der Waals surface area (Å²) in [6, 6.07) is 0. The molecule has 0 bridgehead atoms. The van der Waals surface area contributed by atoms with Crippen LogP contribution in [0.25, 0.3) is 12.4 Å². The summed E-state index contributed by atoms with van der Waals surface area (Å²) in [5, 5.41) is 0. The molecule has 0 fully saturated rings. The fraction of sp³-hybridized carbons (Fsp3) is 0. The van der Waals surface area contributed by atoms with Crippen molar-refractivity contribution in [2.45, 2.75) is 0 Å². The number of hydrogen-bond acceptors (Lipinski definition) is 12. The third-order valence-electron chi connectivity index (χ3n) is 0.534. The Balaban J connectivity index is -0.000000152. The Labute approximate surface area is 165 Å². The molecule has 28 heteroatoms. The molecule has 0 rings (SSSR count). The van der Waals surface area contributed by atoms with E-state index >= 15 is 0 Å². The molecule has 0 spiro atoms. The molecule has 0 saturated carbocycles. The first kappa shape index (κ1) is 35.1. The molecule has 0 heterocycles. The van der Waals surface area contributed by atoms with Crippen LogP contribution in [0.5, 0.6) is 0 Å². The van der Waals surface area contributed by atoms with Gasteiger partial charge in [0.15, 0.2) is 0 Å². The minimum Gasteiger partial charge on any atom is -0.379 e. The van der Waals surface area contributed by atoms with Gasteiger partial charge in [0, 0.05) is 0 Å². The number of hydrogen-bond donors (Lipinski definition) is 0. The number of nitrogens with zero attached hydrogens (tertiary/aromatic N) is 3. The molecule has 0 amide bonds. The number of rotatable bonds is 6. The Hall–Kier alpha value is -0.321. The van der Waals surface area contributed by atoms with Gasteiger partial charge in [-0.1, -0.05) is 0 Å². The van der Waals surface area contributed by atoms with E-state index < -0.39 is 62.5 Å². The fourth-order valence-corrected chi connectivity index (χ4v) is 2.87. The van der Waals surface area contributed by atoms with Crippen molar-refractivity contribution in [3.8, 4) is 0 Å². The zero-order valence-corrected chi connectivity index (χ0v) is 17.3. The minimum absolute atomic E-state index is 0. The molecule has 0 saturated heterocycles. The minimum atomic E-state index is -5.62. The van der Waals surface area contributed by atoms with Gasteiger partial charge in [-0.25, -0.2) is 50.5 Å². The van der Waals surface area contributed by atoms with Crippen molar-refractivity contribution >= 4 is 62.5 Å². The molecular formula is F6FeN3O12S6. The van der Waals surface area contributed by atoms with Crippen LogP contribution in [-0.2, 0) is 79.5 Å². The average molecular weight is 596 g/mol. The fourth-order valence-electron chi connectivity index (χ4n) is 0.319. The van der Waals surface area contributed by atoms with Crippen LogP contribution in [0.1, 0.15) is 0 Å². The maximum absolute atomic E-state index is 11.1.